The fourth-order valence-electron chi connectivity index (χ4n) is 1.88. The van der Waals surface area contributed by atoms with Crippen molar-refractivity contribution in [2.45, 2.75) is 18.9 Å². The summed E-state index contributed by atoms with van der Waals surface area (Å²) in [6.45, 7) is 0.490. The molecule has 0 heterocycles. The van der Waals surface area contributed by atoms with Crippen LogP contribution < -0.4 is 4.74 Å². The average Bonchev–Trinajstić information content (AvgIpc) is 2.50. The topological polar surface area (TPSA) is 93.1 Å². The summed E-state index contributed by atoms with van der Waals surface area (Å²) in [5, 5.41) is 8.58. The standard InChI is InChI=1S/C16H21NO6/c1-17(2)9-13(23-16(21)8-7-15(19)20)11-22-14-6-4-3-5-12(14)10-18/h3-6,10,13H,7-9,11H2,1-2H3,(H,19,20). The van der Waals surface area contributed by atoms with Gasteiger partial charge < -0.3 is 19.5 Å². The normalized spacial score (nSPS) is 11.8. The summed E-state index contributed by atoms with van der Waals surface area (Å²) < 4.78 is 10.8. The number of likely N-dealkylation sites (N-methyl/N-ethyl adjacent to an activating group) is 1. The molecule has 0 bridgehead atoms. The monoisotopic (exact) mass is 323 g/mol. The highest BCUT2D eigenvalue weighted by Gasteiger charge is 2.18. The van der Waals surface area contributed by atoms with Crippen molar-refractivity contribution in [1.29, 1.82) is 0 Å². The molecule has 0 amide bonds. The number of carbonyl (C=O) groups excluding carboxylic acids is 2. The van der Waals surface area contributed by atoms with Gasteiger partial charge in [-0.3, -0.25) is 14.4 Å². The largest absolute Gasteiger partial charge is 0.489 e. The smallest absolute Gasteiger partial charge is 0.306 e. The summed E-state index contributed by atoms with van der Waals surface area (Å²) in [7, 11) is 3.63. The maximum atomic E-state index is 11.7. The molecule has 0 saturated heterocycles. The maximum absolute atomic E-state index is 11.7. The van der Waals surface area contributed by atoms with Gasteiger partial charge in [0.1, 0.15) is 18.5 Å². The number of rotatable bonds is 10. The molecule has 7 nitrogen and oxygen atoms in total. The van der Waals surface area contributed by atoms with Crippen LogP contribution in [0.15, 0.2) is 24.3 Å². The number of aliphatic carboxylic acids is 1. The van der Waals surface area contributed by atoms with E-state index in [0.717, 1.165) is 0 Å². The number of hydrogen-bond donors (Lipinski definition) is 1. The highest BCUT2D eigenvalue weighted by atomic mass is 16.6. The van der Waals surface area contributed by atoms with E-state index < -0.39 is 18.0 Å². The first-order valence-electron chi connectivity index (χ1n) is 7.15. The molecular weight excluding hydrogens is 302 g/mol. The minimum absolute atomic E-state index is 0.0713. The van der Waals surface area contributed by atoms with Crippen molar-refractivity contribution < 1.29 is 29.0 Å². The van der Waals surface area contributed by atoms with Gasteiger partial charge in [0.2, 0.25) is 0 Å². The van der Waals surface area contributed by atoms with Gasteiger partial charge in [0.05, 0.1) is 18.4 Å². The zero-order chi connectivity index (χ0) is 17.2. The number of para-hydroxylation sites is 1. The number of aldehydes is 1. The van der Waals surface area contributed by atoms with E-state index >= 15 is 0 Å². The minimum atomic E-state index is -1.05. The second kappa shape index (κ2) is 9.58. The van der Waals surface area contributed by atoms with Crippen molar-refractivity contribution in [2.24, 2.45) is 0 Å². The van der Waals surface area contributed by atoms with E-state index in [0.29, 0.717) is 24.1 Å². The number of hydrogen-bond acceptors (Lipinski definition) is 6. The Balaban J connectivity index is 2.61. The Labute approximate surface area is 134 Å². The van der Waals surface area contributed by atoms with Crippen molar-refractivity contribution in [3.05, 3.63) is 29.8 Å². The molecule has 0 radical (unpaired) electrons. The van der Waals surface area contributed by atoms with Crippen LogP contribution in [0.2, 0.25) is 0 Å². The van der Waals surface area contributed by atoms with Crippen LogP contribution in [0.4, 0.5) is 0 Å². The summed E-state index contributed by atoms with van der Waals surface area (Å²) in [6, 6.07) is 6.74. The fraction of sp³-hybridized carbons (Fsp3) is 0.438. The fourth-order valence-corrected chi connectivity index (χ4v) is 1.88. The molecule has 1 atom stereocenters. The third kappa shape index (κ3) is 7.42. The first kappa shape index (κ1) is 18.6. The average molecular weight is 323 g/mol. The lowest BCUT2D eigenvalue weighted by molar-refractivity contribution is -0.153. The Kier molecular flexibility index (Phi) is 7.76. The number of carboxylic acid groups (broad SMARTS) is 1. The molecule has 1 rings (SSSR count). The van der Waals surface area contributed by atoms with Crippen LogP contribution in [0.1, 0.15) is 23.2 Å². The van der Waals surface area contributed by atoms with E-state index in [-0.39, 0.29) is 19.4 Å². The number of nitrogens with zero attached hydrogens (tertiary/aromatic N) is 1. The molecule has 0 aliphatic heterocycles. The summed E-state index contributed by atoms with van der Waals surface area (Å²) in [4.78, 5) is 34.9. The highest BCUT2D eigenvalue weighted by Crippen LogP contribution is 2.16. The van der Waals surface area contributed by atoms with Gasteiger partial charge >= 0.3 is 11.9 Å². The number of ether oxygens (including phenoxy) is 2. The van der Waals surface area contributed by atoms with Gasteiger partial charge in [-0.25, -0.2) is 0 Å². The van der Waals surface area contributed by atoms with Gasteiger partial charge in [0.25, 0.3) is 0 Å². The predicted octanol–water partition coefficient (Wildman–Crippen LogP) is 1.22. The molecule has 0 fully saturated rings. The van der Waals surface area contributed by atoms with Crippen LogP contribution in [0, 0.1) is 0 Å². The summed E-state index contributed by atoms with van der Waals surface area (Å²) >= 11 is 0. The Morgan fingerprint density at radius 3 is 2.57 bits per heavy atom. The molecule has 0 aromatic heterocycles. The highest BCUT2D eigenvalue weighted by molar-refractivity contribution is 5.79. The van der Waals surface area contributed by atoms with Crippen LogP contribution in [0.25, 0.3) is 0 Å². The minimum Gasteiger partial charge on any atom is -0.489 e. The third-order valence-electron chi connectivity index (χ3n) is 2.88. The SMILES string of the molecule is CN(C)CC(COc1ccccc1C=O)OC(=O)CCC(=O)O. The number of esters is 1. The Hall–Kier alpha value is -2.41. The summed E-state index contributed by atoms with van der Waals surface area (Å²) in [5.74, 6) is -1.23. The second-order valence-electron chi connectivity index (χ2n) is 5.23. The number of benzene rings is 1. The molecule has 1 unspecified atom stereocenters. The Morgan fingerprint density at radius 1 is 1.26 bits per heavy atom. The molecular formula is C16H21NO6. The summed E-state index contributed by atoms with van der Waals surface area (Å²) in [6.07, 6.45) is -0.340. The molecule has 0 saturated carbocycles. The van der Waals surface area contributed by atoms with E-state index in [4.69, 9.17) is 14.6 Å². The number of carboxylic acids is 1. The maximum Gasteiger partial charge on any atom is 0.306 e. The number of carbonyl (C=O) groups is 3. The molecule has 0 spiro atoms. The predicted molar refractivity (Wildman–Crippen MR) is 82.6 cm³/mol. The van der Waals surface area contributed by atoms with E-state index in [9.17, 15) is 14.4 Å². The van der Waals surface area contributed by atoms with E-state index in [1.165, 1.54) is 0 Å². The van der Waals surface area contributed by atoms with E-state index in [2.05, 4.69) is 0 Å². The van der Waals surface area contributed by atoms with Crippen molar-refractivity contribution in [3.8, 4) is 5.75 Å². The molecule has 1 N–H and O–H groups in total. The van der Waals surface area contributed by atoms with E-state index in [1.807, 2.05) is 19.0 Å². The van der Waals surface area contributed by atoms with Gasteiger partial charge in [-0.1, -0.05) is 12.1 Å². The van der Waals surface area contributed by atoms with Crippen molar-refractivity contribution in [1.82, 2.24) is 4.90 Å². The van der Waals surface area contributed by atoms with Crippen LogP contribution in [-0.2, 0) is 14.3 Å². The van der Waals surface area contributed by atoms with Crippen molar-refractivity contribution in [2.75, 3.05) is 27.2 Å². The summed E-state index contributed by atoms with van der Waals surface area (Å²) in [5.41, 5.74) is 0.410. The van der Waals surface area contributed by atoms with Crippen LogP contribution in [0.3, 0.4) is 0 Å². The zero-order valence-electron chi connectivity index (χ0n) is 13.2. The Morgan fingerprint density at radius 2 is 1.96 bits per heavy atom. The lowest BCUT2D eigenvalue weighted by Gasteiger charge is -2.22. The third-order valence-corrected chi connectivity index (χ3v) is 2.88. The van der Waals surface area contributed by atoms with Crippen LogP contribution in [0.5, 0.6) is 5.75 Å². The molecule has 23 heavy (non-hydrogen) atoms. The van der Waals surface area contributed by atoms with Gasteiger partial charge in [-0.05, 0) is 26.2 Å². The van der Waals surface area contributed by atoms with Crippen molar-refractivity contribution >= 4 is 18.2 Å². The van der Waals surface area contributed by atoms with Crippen LogP contribution in [-0.4, -0.2) is 61.6 Å². The van der Waals surface area contributed by atoms with Gasteiger partial charge in [0, 0.05) is 6.54 Å². The molecule has 7 heteroatoms. The lowest BCUT2D eigenvalue weighted by Crippen LogP contribution is -2.35. The lowest BCUT2D eigenvalue weighted by atomic mass is 10.2. The quantitative estimate of drug-likeness (QED) is 0.511. The molecule has 126 valence electrons. The van der Waals surface area contributed by atoms with Gasteiger partial charge in [-0.15, -0.1) is 0 Å². The second-order valence-corrected chi connectivity index (χ2v) is 5.23. The van der Waals surface area contributed by atoms with Gasteiger partial charge in [0.15, 0.2) is 6.29 Å². The molecule has 1 aromatic rings. The van der Waals surface area contributed by atoms with Crippen LogP contribution >= 0.6 is 0 Å². The Bertz CT molecular complexity index is 543. The van der Waals surface area contributed by atoms with Crippen molar-refractivity contribution in [3.63, 3.8) is 0 Å². The first-order valence-corrected chi connectivity index (χ1v) is 7.15. The van der Waals surface area contributed by atoms with Gasteiger partial charge in [-0.2, -0.15) is 0 Å². The first-order chi connectivity index (χ1) is 10.9. The molecule has 1 aromatic carbocycles. The molecule has 0 aliphatic rings. The zero-order valence-corrected chi connectivity index (χ0v) is 13.2. The van der Waals surface area contributed by atoms with E-state index in [1.54, 1.807) is 24.3 Å². The molecule has 0 aliphatic carbocycles.